The summed E-state index contributed by atoms with van der Waals surface area (Å²) >= 11 is 0. The predicted octanol–water partition coefficient (Wildman–Crippen LogP) is 1.44. The van der Waals surface area contributed by atoms with Crippen molar-refractivity contribution in [2.45, 2.75) is 33.2 Å². The van der Waals surface area contributed by atoms with Crippen LogP contribution in [0.1, 0.15) is 30.6 Å². The minimum Gasteiger partial charge on any atom is -0.337 e. The van der Waals surface area contributed by atoms with Crippen LogP contribution >= 0.6 is 0 Å². The number of amides is 1. The largest absolute Gasteiger partial charge is 0.340 e. The molecule has 2 heterocycles. The number of benzene rings is 1. The number of aromatic amines is 2. The molecule has 0 spiro atoms. The van der Waals surface area contributed by atoms with E-state index in [4.69, 9.17) is 4.52 Å². The second-order valence-electron chi connectivity index (χ2n) is 5.91. The number of aromatic nitrogens is 5. The maximum atomic E-state index is 12.4. The maximum absolute atomic E-state index is 12.4. The topological polar surface area (TPSA) is 121 Å². The van der Waals surface area contributed by atoms with Gasteiger partial charge in [-0.15, -0.1) is 0 Å². The van der Waals surface area contributed by atoms with Crippen LogP contribution in [0.15, 0.2) is 33.6 Å². The normalized spacial score (nSPS) is 10.8. The van der Waals surface area contributed by atoms with Crippen LogP contribution in [0.5, 0.6) is 0 Å². The van der Waals surface area contributed by atoms with Crippen LogP contribution < -0.4 is 5.69 Å². The molecule has 26 heavy (non-hydrogen) atoms. The lowest BCUT2D eigenvalue weighted by molar-refractivity contribution is -0.131. The molecular weight excluding hydrogens is 336 g/mol. The minimum absolute atomic E-state index is 0.0774. The van der Waals surface area contributed by atoms with Gasteiger partial charge in [-0.3, -0.25) is 9.78 Å². The Morgan fingerprint density at radius 2 is 2.04 bits per heavy atom. The lowest BCUT2D eigenvalue weighted by Gasteiger charge is -2.18. The van der Waals surface area contributed by atoms with E-state index in [1.165, 1.54) is 0 Å². The highest BCUT2D eigenvalue weighted by molar-refractivity contribution is 5.76. The van der Waals surface area contributed by atoms with Crippen molar-refractivity contribution in [1.82, 2.24) is 30.2 Å². The summed E-state index contributed by atoms with van der Waals surface area (Å²) in [6.45, 7) is 4.64. The van der Waals surface area contributed by atoms with Crippen molar-refractivity contribution in [2.24, 2.45) is 0 Å². The summed E-state index contributed by atoms with van der Waals surface area (Å²) in [4.78, 5) is 31.9. The molecule has 0 saturated heterocycles. The highest BCUT2D eigenvalue weighted by Crippen LogP contribution is 2.17. The van der Waals surface area contributed by atoms with E-state index in [-0.39, 0.29) is 24.6 Å². The molecule has 0 aliphatic carbocycles. The van der Waals surface area contributed by atoms with E-state index in [0.717, 1.165) is 11.1 Å². The van der Waals surface area contributed by atoms with E-state index in [1.807, 2.05) is 38.1 Å². The monoisotopic (exact) mass is 356 g/mol. The van der Waals surface area contributed by atoms with Crippen LogP contribution in [0.25, 0.3) is 11.4 Å². The Kier molecular flexibility index (Phi) is 5.26. The van der Waals surface area contributed by atoms with Gasteiger partial charge in [0.25, 0.3) is 0 Å². The lowest BCUT2D eigenvalue weighted by atomic mass is 10.1. The fourth-order valence-electron chi connectivity index (χ4n) is 2.49. The maximum Gasteiger partial charge on any atom is 0.340 e. The molecule has 3 aromatic rings. The number of carbonyl (C=O) groups is 1. The van der Waals surface area contributed by atoms with Gasteiger partial charge in [-0.1, -0.05) is 35.0 Å². The number of nitrogens with one attached hydrogen (secondary N) is 2. The van der Waals surface area contributed by atoms with Crippen LogP contribution in [0.4, 0.5) is 0 Å². The van der Waals surface area contributed by atoms with Crippen molar-refractivity contribution in [3.8, 4) is 11.4 Å². The van der Waals surface area contributed by atoms with Gasteiger partial charge in [-0.05, 0) is 13.8 Å². The Bertz CT molecular complexity index is 924. The first-order valence-corrected chi connectivity index (χ1v) is 8.36. The second kappa shape index (κ2) is 7.77. The molecule has 9 nitrogen and oxygen atoms in total. The molecule has 136 valence electrons. The standard InChI is InChI=1S/C17H20N6O3/c1-3-23(15(24)9-8-13-18-17(25)21-20-13)10-14-19-16(22-26-14)12-6-4-11(2)5-7-12/h4-7H,3,8-10H2,1-2H3,(H2,18,20,21,25). The van der Waals surface area contributed by atoms with Crippen molar-refractivity contribution in [1.29, 1.82) is 0 Å². The fourth-order valence-corrected chi connectivity index (χ4v) is 2.49. The van der Waals surface area contributed by atoms with Gasteiger partial charge in [-0.2, -0.15) is 10.1 Å². The first kappa shape index (κ1) is 17.6. The zero-order chi connectivity index (χ0) is 18.5. The Balaban J connectivity index is 1.61. The lowest BCUT2D eigenvalue weighted by Crippen LogP contribution is -2.30. The highest BCUT2D eigenvalue weighted by atomic mass is 16.5. The Morgan fingerprint density at radius 3 is 2.69 bits per heavy atom. The number of nitrogens with zero attached hydrogens (tertiary/aromatic N) is 4. The quantitative estimate of drug-likeness (QED) is 0.661. The Morgan fingerprint density at radius 1 is 1.27 bits per heavy atom. The third-order valence-electron chi connectivity index (χ3n) is 3.96. The van der Waals surface area contributed by atoms with E-state index in [1.54, 1.807) is 4.90 Å². The number of hydrogen-bond acceptors (Lipinski definition) is 6. The molecule has 1 aromatic carbocycles. The third-order valence-corrected chi connectivity index (χ3v) is 3.96. The Hall–Kier alpha value is -3.23. The van der Waals surface area contributed by atoms with E-state index in [9.17, 15) is 9.59 Å². The number of H-pyrrole nitrogens is 2. The predicted molar refractivity (Wildman–Crippen MR) is 93.1 cm³/mol. The van der Waals surface area contributed by atoms with Gasteiger partial charge >= 0.3 is 5.69 Å². The molecule has 9 heteroatoms. The summed E-state index contributed by atoms with van der Waals surface area (Å²) in [6, 6.07) is 7.81. The van der Waals surface area contributed by atoms with Crippen molar-refractivity contribution >= 4 is 5.91 Å². The number of rotatable bonds is 7. The average molecular weight is 356 g/mol. The third kappa shape index (κ3) is 4.24. The molecular formula is C17H20N6O3. The van der Waals surface area contributed by atoms with Gasteiger partial charge in [0.15, 0.2) is 0 Å². The number of hydrogen-bond donors (Lipinski definition) is 2. The first-order chi connectivity index (χ1) is 12.5. The first-order valence-electron chi connectivity index (χ1n) is 8.36. The van der Waals surface area contributed by atoms with Gasteiger partial charge < -0.3 is 9.42 Å². The summed E-state index contributed by atoms with van der Waals surface area (Å²) in [5.74, 6) is 1.26. The smallest absolute Gasteiger partial charge is 0.337 e. The van der Waals surface area contributed by atoms with Gasteiger partial charge in [0.05, 0.1) is 6.54 Å². The zero-order valence-corrected chi connectivity index (χ0v) is 14.7. The van der Waals surface area contributed by atoms with E-state index in [0.29, 0.717) is 30.5 Å². The Labute approximate surface area is 149 Å². The zero-order valence-electron chi connectivity index (χ0n) is 14.7. The van der Waals surface area contributed by atoms with E-state index >= 15 is 0 Å². The van der Waals surface area contributed by atoms with Crippen molar-refractivity contribution in [3.05, 3.63) is 52.0 Å². The summed E-state index contributed by atoms with van der Waals surface area (Å²) in [5, 5.41) is 10.1. The molecule has 3 rings (SSSR count). The summed E-state index contributed by atoms with van der Waals surface area (Å²) < 4.78 is 5.28. The van der Waals surface area contributed by atoms with Gasteiger partial charge in [-0.25, -0.2) is 9.89 Å². The fraction of sp³-hybridized carbons (Fsp3) is 0.353. The summed E-state index contributed by atoms with van der Waals surface area (Å²) in [6.07, 6.45) is 0.583. The molecule has 0 fully saturated rings. The van der Waals surface area contributed by atoms with Gasteiger partial charge in [0.2, 0.25) is 17.6 Å². The molecule has 0 radical (unpaired) electrons. The number of carbonyl (C=O) groups excluding carboxylic acids is 1. The molecule has 0 saturated carbocycles. The van der Waals surface area contributed by atoms with Crippen molar-refractivity contribution in [2.75, 3.05) is 6.54 Å². The SMILES string of the molecule is CCN(Cc1nc(-c2ccc(C)cc2)no1)C(=O)CCc1n[nH]c(=O)[nH]1. The molecule has 0 unspecified atom stereocenters. The molecule has 0 atom stereocenters. The van der Waals surface area contributed by atoms with Crippen LogP contribution in [-0.4, -0.2) is 42.7 Å². The van der Waals surface area contributed by atoms with Crippen molar-refractivity contribution in [3.63, 3.8) is 0 Å². The van der Waals surface area contributed by atoms with Crippen LogP contribution in [0.2, 0.25) is 0 Å². The second-order valence-corrected chi connectivity index (χ2v) is 5.91. The molecule has 2 N–H and O–H groups in total. The van der Waals surface area contributed by atoms with Crippen molar-refractivity contribution < 1.29 is 9.32 Å². The van der Waals surface area contributed by atoms with Crippen LogP contribution in [0, 0.1) is 6.92 Å². The summed E-state index contributed by atoms with van der Waals surface area (Å²) in [5.41, 5.74) is 1.63. The van der Waals surface area contributed by atoms with Crippen LogP contribution in [0.3, 0.4) is 0 Å². The molecule has 1 amide bonds. The average Bonchev–Trinajstić information content (AvgIpc) is 3.27. The van der Waals surface area contributed by atoms with Gasteiger partial charge in [0, 0.05) is 24.9 Å². The molecule has 0 bridgehead atoms. The molecule has 0 aliphatic heterocycles. The molecule has 0 aliphatic rings. The summed E-state index contributed by atoms with van der Waals surface area (Å²) in [7, 11) is 0. The van der Waals surface area contributed by atoms with E-state index in [2.05, 4.69) is 25.3 Å². The number of aryl methyl sites for hydroxylation is 2. The van der Waals surface area contributed by atoms with Crippen LogP contribution in [-0.2, 0) is 17.8 Å². The highest BCUT2D eigenvalue weighted by Gasteiger charge is 2.17. The van der Waals surface area contributed by atoms with E-state index < -0.39 is 0 Å². The van der Waals surface area contributed by atoms with Gasteiger partial charge in [0.1, 0.15) is 5.82 Å². The molecule has 2 aromatic heterocycles. The minimum atomic E-state index is -0.380.